The van der Waals surface area contributed by atoms with Crippen molar-refractivity contribution < 1.29 is 9.53 Å². The predicted octanol–water partition coefficient (Wildman–Crippen LogP) is 3.67. The molecule has 0 N–H and O–H groups in total. The van der Waals surface area contributed by atoms with E-state index in [9.17, 15) is 4.79 Å². The third-order valence-electron chi connectivity index (χ3n) is 3.45. The van der Waals surface area contributed by atoms with Crippen LogP contribution in [0, 0.1) is 5.92 Å². The number of nitrogens with zero attached hydrogens (tertiary/aromatic N) is 2. The van der Waals surface area contributed by atoms with Crippen molar-refractivity contribution in [3.63, 3.8) is 0 Å². The Kier molecular flexibility index (Phi) is 3.84. The number of ether oxygens (including phenoxy) is 1. The molecule has 0 aromatic carbocycles. The lowest BCUT2D eigenvalue weighted by atomic mass is 9.87. The Hall–Kier alpha value is -0.910. The average Bonchev–Trinajstić information content (AvgIpc) is 2.75. The van der Waals surface area contributed by atoms with E-state index in [1.165, 1.54) is 4.88 Å². The SMILES string of the molecule is CCOC(=O)C1CCc2sc3nc(Cl)nc(Cl)c3c2C1. The van der Waals surface area contributed by atoms with Crippen molar-refractivity contribution >= 4 is 50.7 Å². The normalized spacial score (nSPS) is 18.1. The number of rotatable bonds is 2. The number of aryl methyl sites for hydroxylation is 1. The summed E-state index contributed by atoms with van der Waals surface area (Å²) in [6.45, 7) is 2.23. The van der Waals surface area contributed by atoms with Crippen LogP contribution in [0.5, 0.6) is 0 Å². The van der Waals surface area contributed by atoms with Crippen molar-refractivity contribution in [2.24, 2.45) is 5.92 Å². The van der Waals surface area contributed by atoms with E-state index in [2.05, 4.69) is 9.97 Å². The van der Waals surface area contributed by atoms with Crippen molar-refractivity contribution in [2.45, 2.75) is 26.2 Å². The van der Waals surface area contributed by atoms with E-state index in [1.54, 1.807) is 11.3 Å². The molecule has 20 heavy (non-hydrogen) atoms. The number of hydrogen-bond donors (Lipinski definition) is 0. The van der Waals surface area contributed by atoms with Crippen LogP contribution in [0.2, 0.25) is 10.4 Å². The topological polar surface area (TPSA) is 52.1 Å². The van der Waals surface area contributed by atoms with Gasteiger partial charge in [-0.1, -0.05) is 11.6 Å². The number of carbonyl (C=O) groups is 1. The highest BCUT2D eigenvalue weighted by Gasteiger charge is 2.30. The quantitative estimate of drug-likeness (QED) is 0.479. The molecule has 0 fully saturated rings. The molecule has 0 saturated heterocycles. The number of carbonyl (C=O) groups excluding carboxylic acids is 1. The fourth-order valence-electron chi connectivity index (χ4n) is 2.57. The molecule has 0 amide bonds. The van der Waals surface area contributed by atoms with Gasteiger partial charge in [0.2, 0.25) is 5.28 Å². The first-order valence-electron chi connectivity index (χ1n) is 6.40. The minimum atomic E-state index is -0.136. The number of esters is 1. The minimum absolute atomic E-state index is 0.105. The summed E-state index contributed by atoms with van der Waals surface area (Å²) in [6, 6.07) is 0. The lowest BCUT2D eigenvalue weighted by Gasteiger charge is -2.20. The van der Waals surface area contributed by atoms with Crippen LogP contribution in [0.1, 0.15) is 23.8 Å². The van der Waals surface area contributed by atoms with Crippen LogP contribution in [0.25, 0.3) is 10.2 Å². The molecule has 106 valence electrons. The van der Waals surface area contributed by atoms with Crippen LogP contribution < -0.4 is 0 Å². The number of fused-ring (bicyclic) bond motifs is 3. The third-order valence-corrected chi connectivity index (χ3v) is 5.08. The van der Waals surface area contributed by atoms with Gasteiger partial charge in [-0.3, -0.25) is 4.79 Å². The van der Waals surface area contributed by atoms with Gasteiger partial charge in [0.1, 0.15) is 9.98 Å². The first kappa shape index (κ1) is 14.0. The Balaban J connectivity index is 2.02. The highest BCUT2D eigenvalue weighted by molar-refractivity contribution is 7.19. The molecular weight excluding hydrogens is 319 g/mol. The monoisotopic (exact) mass is 330 g/mol. The standard InChI is InChI=1S/C13H12Cl2N2O2S/c1-2-19-12(18)6-3-4-8-7(5-6)9-10(14)16-13(15)17-11(9)20-8/h6H,2-5H2,1H3. The zero-order valence-electron chi connectivity index (χ0n) is 10.8. The van der Waals surface area contributed by atoms with Crippen LogP contribution in [0.3, 0.4) is 0 Å². The number of aromatic nitrogens is 2. The van der Waals surface area contributed by atoms with Gasteiger partial charge in [-0.25, -0.2) is 9.97 Å². The second kappa shape index (κ2) is 5.47. The van der Waals surface area contributed by atoms with Gasteiger partial charge in [0, 0.05) is 4.88 Å². The van der Waals surface area contributed by atoms with Crippen LogP contribution in [0.4, 0.5) is 0 Å². The highest BCUT2D eigenvalue weighted by Crippen LogP contribution is 2.40. The van der Waals surface area contributed by atoms with E-state index >= 15 is 0 Å². The van der Waals surface area contributed by atoms with Crippen molar-refractivity contribution in [3.8, 4) is 0 Å². The second-order valence-electron chi connectivity index (χ2n) is 4.66. The largest absolute Gasteiger partial charge is 0.466 e. The van der Waals surface area contributed by atoms with Gasteiger partial charge in [0.05, 0.1) is 17.9 Å². The maximum Gasteiger partial charge on any atom is 0.309 e. The van der Waals surface area contributed by atoms with Gasteiger partial charge in [0.15, 0.2) is 0 Å². The average molecular weight is 331 g/mol. The molecule has 2 aromatic heterocycles. The maximum atomic E-state index is 11.9. The molecule has 0 saturated carbocycles. The molecule has 2 aromatic rings. The Bertz CT molecular complexity index is 687. The van der Waals surface area contributed by atoms with E-state index in [-0.39, 0.29) is 17.2 Å². The Morgan fingerprint density at radius 1 is 1.45 bits per heavy atom. The van der Waals surface area contributed by atoms with Crippen LogP contribution in [-0.2, 0) is 22.4 Å². The van der Waals surface area contributed by atoms with Crippen molar-refractivity contribution in [2.75, 3.05) is 6.61 Å². The van der Waals surface area contributed by atoms with Gasteiger partial charge < -0.3 is 4.74 Å². The molecule has 1 unspecified atom stereocenters. The molecule has 3 rings (SSSR count). The predicted molar refractivity (Wildman–Crippen MR) is 79.6 cm³/mol. The summed E-state index contributed by atoms with van der Waals surface area (Å²) in [5.41, 5.74) is 1.08. The van der Waals surface area contributed by atoms with Gasteiger partial charge >= 0.3 is 5.97 Å². The first-order valence-corrected chi connectivity index (χ1v) is 7.97. The van der Waals surface area contributed by atoms with Crippen LogP contribution in [-0.4, -0.2) is 22.5 Å². The smallest absolute Gasteiger partial charge is 0.309 e. The third kappa shape index (κ3) is 2.38. The molecule has 0 aliphatic heterocycles. The van der Waals surface area contributed by atoms with E-state index in [4.69, 9.17) is 27.9 Å². The van der Waals surface area contributed by atoms with E-state index in [0.717, 1.165) is 28.6 Å². The first-order chi connectivity index (χ1) is 9.60. The number of thiophene rings is 1. The lowest BCUT2D eigenvalue weighted by molar-refractivity contribution is -0.148. The van der Waals surface area contributed by atoms with Gasteiger partial charge in [-0.05, 0) is 43.4 Å². The van der Waals surface area contributed by atoms with Crippen LogP contribution in [0.15, 0.2) is 0 Å². The maximum absolute atomic E-state index is 11.9. The summed E-state index contributed by atoms with van der Waals surface area (Å²) in [7, 11) is 0. The Morgan fingerprint density at radius 2 is 2.25 bits per heavy atom. The second-order valence-corrected chi connectivity index (χ2v) is 6.44. The zero-order chi connectivity index (χ0) is 14.3. The zero-order valence-corrected chi connectivity index (χ0v) is 13.1. The number of halogens is 2. The van der Waals surface area contributed by atoms with Gasteiger partial charge in [-0.15, -0.1) is 11.3 Å². The minimum Gasteiger partial charge on any atom is -0.466 e. The molecular formula is C13H12Cl2N2O2S. The number of hydrogen-bond acceptors (Lipinski definition) is 5. The summed E-state index contributed by atoms with van der Waals surface area (Å²) >= 11 is 13.6. The molecule has 1 atom stereocenters. The molecule has 1 aliphatic rings. The van der Waals surface area contributed by atoms with Crippen LogP contribution >= 0.6 is 34.5 Å². The van der Waals surface area contributed by atoms with E-state index < -0.39 is 0 Å². The lowest BCUT2D eigenvalue weighted by Crippen LogP contribution is -2.24. The summed E-state index contributed by atoms with van der Waals surface area (Å²) in [6.07, 6.45) is 2.28. The highest BCUT2D eigenvalue weighted by atomic mass is 35.5. The summed E-state index contributed by atoms with van der Waals surface area (Å²) < 4.78 is 5.11. The van der Waals surface area contributed by atoms with Crippen molar-refractivity contribution in [1.82, 2.24) is 9.97 Å². The molecule has 2 heterocycles. The molecule has 0 spiro atoms. The Morgan fingerprint density at radius 3 is 3.00 bits per heavy atom. The molecule has 7 heteroatoms. The van der Waals surface area contributed by atoms with Gasteiger partial charge in [0.25, 0.3) is 0 Å². The van der Waals surface area contributed by atoms with E-state index in [0.29, 0.717) is 18.2 Å². The molecule has 0 bridgehead atoms. The van der Waals surface area contributed by atoms with Crippen molar-refractivity contribution in [3.05, 3.63) is 20.9 Å². The van der Waals surface area contributed by atoms with Crippen molar-refractivity contribution in [1.29, 1.82) is 0 Å². The molecule has 4 nitrogen and oxygen atoms in total. The fraction of sp³-hybridized carbons (Fsp3) is 0.462. The Labute approximate surface area is 130 Å². The summed E-state index contributed by atoms with van der Waals surface area (Å²) in [5.74, 6) is -0.240. The molecule has 1 aliphatic carbocycles. The van der Waals surface area contributed by atoms with E-state index in [1.807, 2.05) is 6.92 Å². The summed E-state index contributed by atoms with van der Waals surface area (Å²) in [5, 5.41) is 1.36. The summed E-state index contributed by atoms with van der Waals surface area (Å²) in [4.78, 5) is 22.1. The fourth-order valence-corrected chi connectivity index (χ4v) is 4.39. The molecule has 0 radical (unpaired) electrons. The van der Waals surface area contributed by atoms with Gasteiger partial charge in [-0.2, -0.15) is 0 Å².